The van der Waals surface area contributed by atoms with Gasteiger partial charge in [0.15, 0.2) is 6.10 Å². The average Bonchev–Trinajstić information content (AvgIpc) is 2.73. The third-order valence-electron chi connectivity index (χ3n) is 4.13. The van der Waals surface area contributed by atoms with Gasteiger partial charge in [0, 0.05) is 31.0 Å². The minimum atomic E-state index is -1.12. The Morgan fingerprint density at radius 1 is 1.06 bits per heavy atom. The number of anilines is 1. The Morgan fingerprint density at radius 2 is 1.64 bits per heavy atom. The maximum absolute atomic E-state index is 13.0. The summed E-state index contributed by atoms with van der Waals surface area (Å²) in [6, 6.07) is 0. The van der Waals surface area contributed by atoms with Crippen molar-refractivity contribution in [3.05, 3.63) is 21.8 Å². The molecule has 0 aliphatic rings. The van der Waals surface area contributed by atoms with E-state index in [1.807, 2.05) is 67.8 Å². The van der Waals surface area contributed by atoms with E-state index in [2.05, 4.69) is 5.32 Å². The van der Waals surface area contributed by atoms with Crippen LogP contribution in [0.4, 0.5) is 5.69 Å². The van der Waals surface area contributed by atoms with Crippen molar-refractivity contribution in [3.63, 3.8) is 0 Å². The first-order valence-corrected chi connectivity index (χ1v) is 12.6. The van der Waals surface area contributed by atoms with E-state index in [0.29, 0.717) is 10.7 Å². The van der Waals surface area contributed by atoms with Gasteiger partial charge in [-0.25, -0.2) is 0 Å². The van der Waals surface area contributed by atoms with Crippen LogP contribution in [0.1, 0.15) is 34.6 Å². The number of hydrogen-bond acceptors (Lipinski definition) is 9. The number of rotatable bonds is 10. The molecule has 0 radical (unpaired) electrons. The third-order valence-corrected chi connectivity index (χ3v) is 7.45. The highest BCUT2D eigenvalue weighted by molar-refractivity contribution is 14.1. The topological polar surface area (TPSA) is 168 Å². The fraction of sp³-hybridized carbons (Fsp3) is 0.474. The van der Waals surface area contributed by atoms with Crippen molar-refractivity contribution in [1.82, 2.24) is 10.2 Å². The molecule has 0 aliphatic heterocycles. The number of likely N-dealkylation sites (N-methyl/N-ethyl adjacent to an activating group) is 1. The number of hydrogen-bond donors (Lipinski definition) is 4. The van der Waals surface area contributed by atoms with E-state index in [1.165, 1.54) is 25.8 Å². The molecule has 0 fully saturated rings. The van der Waals surface area contributed by atoms with E-state index in [9.17, 15) is 24.3 Å². The first-order chi connectivity index (χ1) is 15.3. The van der Waals surface area contributed by atoms with Crippen molar-refractivity contribution in [2.75, 3.05) is 39.1 Å². The van der Waals surface area contributed by atoms with Crippen LogP contribution in [0.3, 0.4) is 0 Å². The number of halogens is 3. The van der Waals surface area contributed by atoms with Gasteiger partial charge in [0.2, 0.25) is 0 Å². The standard InChI is InChI=1S/C19H24I3N3O8/c1-8(27)32-7-11(33-9(2)28)4-24-18(30)12-14(20)13(16(22)17(23)15(12)21)19(31)25(3)5-10(29)6-26/h10-11,26,29H,4-7,23H2,1-3H3,(H,24,30)/t10-,11-/m0/s1. The summed E-state index contributed by atoms with van der Waals surface area (Å²) in [5, 5.41) is 21.3. The summed E-state index contributed by atoms with van der Waals surface area (Å²) < 4.78 is 11.1. The van der Waals surface area contributed by atoms with E-state index in [0.717, 1.165) is 0 Å². The number of nitrogen functional groups attached to an aromatic ring is 1. The monoisotopic (exact) mass is 803 g/mol. The molecule has 0 spiro atoms. The molecule has 1 rings (SSSR count). The van der Waals surface area contributed by atoms with E-state index in [1.54, 1.807) is 0 Å². The molecule has 1 aromatic carbocycles. The zero-order chi connectivity index (χ0) is 25.5. The predicted octanol–water partition coefficient (Wildman–Crippen LogP) is 0.732. The summed E-state index contributed by atoms with van der Waals surface area (Å²) in [5.74, 6) is -2.23. The van der Waals surface area contributed by atoms with Crippen molar-refractivity contribution < 1.29 is 38.9 Å². The summed E-state index contributed by atoms with van der Waals surface area (Å²) >= 11 is 5.71. The lowest BCUT2D eigenvalue weighted by atomic mass is 10.1. The SMILES string of the molecule is CC(=O)OC[C@H](CNC(=O)c1c(I)c(N)c(I)c(C(=O)N(C)C[C@H](O)CO)c1I)OC(C)=O. The first-order valence-electron chi connectivity index (χ1n) is 9.40. The molecule has 0 aliphatic carbocycles. The average molecular weight is 803 g/mol. The Bertz CT molecular complexity index is 928. The number of amides is 2. The fourth-order valence-electron chi connectivity index (χ4n) is 2.59. The predicted molar refractivity (Wildman–Crippen MR) is 144 cm³/mol. The number of esters is 2. The molecule has 0 unspecified atom stereocenters. The van der Waals surface area contributed by atoms with Crippen molar-refractivity contribution in [3.8, 4) is 0 Å². The zero-order valence-electron chi connectivity index (χ0n) is 18.0. The normalized spacial score (nSPS) is 12.5. The Balaban J connectivity index is 3.24. The Hall–Kier alpha value is -0.990. The lowest BCUT2D eigenvalue weighted by Crippen LogP contribution is -2.39. The van der Waals surface area contributed by atoms with Crippen LogP contribution in [-0.4, -0.2) is 84.4 Å². The van der Waals surface area contributed by atoms with Gasteiger partial charge in [-0.05, 0) is 67.8 Å². The number of aliphatic hydroxyl groups is 2. The fourth-order valence-corrected chi connectivity index (χ4v) is 6.71. The van der Waals surface area contributed by atoms with Gasteiger partial charge in [-0.1, -0.05) is 0 Å². The quantitative estimate of drug-likeness (QED) is 0.152. The van der Waals surface area contributed by atoms with Crippen LogP contribution in [0.25, 0.3) is 0 Å². The molecule has 0 aromatic heterocycles. The molecule has 33 heavy (non-hydrogen) atoms. The maximum Gasteiger partial charge on any atom is 0.303 e. The summed E-state index contributed by atoms with van der Waals surface area (Å²) in [6.45, 7) is 1.39. The van der Waals surface area contributed by atoms with E-state index < -0.39 is 42.6 Å². The highest BCUT2D eigenvalue weighted by Crippen LogP contribution is 2.34. The number of nitrogens with one attached hydrogen (secondary N) is 1. The van der Waals surface area contributed by atoms with Crippen LogP contribution < -0.4 is 11.1 Å². The number of benzene rings is 1. The minimum Gasteiger partial charge on any atom is -0.462 e. The van der Waals surface area contributed by atoms with Crippen molar-refractivity contribution in [2.24, 2.45) is 0 Å². The number of nitrogens with zero attached hydrogens (tertiary/aromatic N) is 1. The number of aliphatic hydroxyl groups excluding tert-OH is 2. The van der Waals surface area contributed by atoms with Gasteiger partial charge in [-0.2, -0.15) is 0 Å². The zero-order valence-corrected chi connectivity index (χ0v) is 24.5. The summed E-state index contributed by atoms with van der Waals surface area (Å²) in [7, 11) is 1.46. The van der Waals surface area contributed by atoms with Crippen LogP contribution in [0.5, 0.6) is 0 Å². The van der Waals surface area contributed by atoms with Crippen molar-refractivity contribution >= 4 is 97.2 Å². The van der Waals surface area contributed by atoms with Gasteiger partial charge in [0.1, 0.15) is 6.61 Å². The molecule has 184 valence electrons. The Labute approximate surface area is 231 Å². The molecule has 0 saturated carbocycles. The molecular formula is C19H24I3N3O8. The van der Waals surface area contributed by atoms with E-state index in [-0.39, 0.29) is 36.5 Å². The van der Waals surface area contributed by atoms with Crippen molar-refractivity contribution in [2.45, 2.75) is 26.1 Å². The summed E-state index contributed by atoms with van der Waals surface area (Å²) in [6.07, 6.45) is -2.02. The van der Waals surface area contributed by atoms with Crippen LogP contribution in [0.15, 0.2) is 0 Å². The second kappa shape index (κ2) is 13.8. The number of nitrogens with two attached hydrogens (primary N) is 1. The van der Waals surface area contributed by atoms with Gasteiger partial charge >= 0.3 is 11.9 Å². The molecule has 2 amide bonds. The Morgan fingerprint density at radius 3 is 2.15 bits per heavy atom. The number of carbonyl (C=O) groups excluding carboxylic acids is 4. The van der Waals surface area contributed by atoms with Crippen LogP contribution in [-0.2, 0) is 19.1 Å². The third kappa shape index (κ3) is 8.62. The van der Waals surface area contributed by atoms with Crippen LogP contribution in [0.2, 0.25) is 0 Å². The Kier molecular flexibility index (Phi) is 12.5. The van der Waals surface area contributed by atoms with Crippen molar-refractivity contribution in [1.29, 1.82) is 0 Å². The second-order valence-electron chi connectivity index (χ2n) is 6.87. The molecule has 2 atom stereocenters. The number of ether oxygens (including phenoxy) is 2. The molecule has 14 heteroatoms. The van der Waals surface area contributed by atoms with E-state index in [4.69, 9.17) is 20.3 Å². The summed E-state index contributed by atoms with van der Waals surface area (Å²) in [4.78, 5) is 49.7. The molecule has 0 heterocycles. The lowest BCUT2D eigenvalue weighted by molar-refractivity contribution is -0.155. The molecule has 11 nitrogen and oxygen atoms in total. The molecule has 0 saturated heterocycles. The molecule has 1 aromatic rings. The number of carbonyl (C=O) groups is 4. The van der Waals surface area contributed by atoms with Gasteiger partial charge in [-0.3, -0.25) is 19.2 Å². The van der Waals surface area contributed by atoms with Crippen LogP contribution >= 0.6 is 67.8 Å². The van der Waals surface area contributed by atoms with Crippen LogP contribution in [0, 0.1) is 10.7 Å². The highest BCUT2D eigenvalue weighted by Gasteiger charge is 2.29. The first kappa shape index (κ1) is 30.0. The van der Waals surface area contributed by atoms with Gasteiger partial charge in [-0.15, -0.1) is 0 Å². The molecule has 5 N–H and O–H groups in total. The molecule has 0 bridgehead atoms. The minimum absolute atomic E-state index is 0.116. The maximum atomic E-state index is 13.0. The smallest absolute Gasteiger partial charge is 0.303 e. The second-order valence-corrected chi connectivity index (χ2v) is 10.1. The molecular weight excluding hydrogens is 779 g/mol. The van der Waals surface area contributed by atoms with Gasteiger partial charge < -0.3 is 35.6 Å². The van der Waals surface area contributed by atoms with E-state index >= 15 is 0 Å². The highest BCUT2D eigenvalue weighted by atomic mass is 127. The summed E-state index contributed by atoms with van der Waals surface area (Å²) in [5.41, 5.74) is 6.75. The lowest BCUT2D eigenvalue weighted by Gasteiger charge is -2.23. The van der Waals surface area contributed by atoms with Gasteiger partial charge in [0.05, 0.1) is 43.2 Å². The van der Waals surface area contributed by atoms with Gasteiger partial charge in [0.25, 0.3) is 11.8 Å². The largest absolute Gasteiger partial charge is 0.462 e.